The Balaban J connectivity index is 0.000000170. The van der Waals surface area contributed by atoms with Crippen LogP contribution in [0.1, 0.15) is 44.7 Å². The smallest absolute Gasteiger partial charge is 0.418 e. The van der Waals surface area contributed by atoms with E-state index < -0.39 is 29.8 Å². The van der Waals surface area contributed by atoms with Crippen LogP contribution in [0.5, 0.6) is 0 Å². The lowest BCUT2D eigenvalue weighted by Crippen LogP contribution is -2.56. The van der Waals surface area contributed by atoms with E-state index in [0.717, 1.165) is 64.2 Å². The van der Waals surface area contributed by atoms with E-state index >= 15 is 0 Å². The van der Waals surface area contributed by atoms with E-state index in [4.69, 9.17) is 4.74 Å². The van der Waals surface area contributed by atoms with E-state index in [0.29, 0.717) is 19.6 Å². The van der Waals surface area contributed by atoms with Gasteiger partial charge in [-0.2, -0.15) is 0 Å². The number of nitrogens with one attached hydrogen (secondary N) is 3. The Labute approximate surface area is 340 Å². The lowest BCUT2D eigenvalue weighted by molar-refractivity contribution is -0.136. The van der Waals surface area contributed by atoms with Crippen molar-refractivity contribution >= 4 is 24.1 Å². The Morgan fingerprint density at radius 2 is 1.55 bits per heavy atom. The van der Waals surface area contributed by atoms with Crippen LogP contribution < -0.4 is 16.0 Å². The number of cyclic esters (lactones) is 2. The Morgan fingerprint density at radius 3 is 2.16 bits per heavy atom. The molecule has 3 aliphatic heterocycles. The quantitative estimate of drug-likeness (QED) is 0.103. The summed E-state index contributed by atoms with van der Waals surface area (Å²) >= 11 is 0. The van der Waals surface area contributed by atoms with Crippen molar-refractivity contribution in [1.82, 2.24) is 49.8 Å². The molecule has 0 unspecified atom stereocenters. The molecule has 0 aliphatic carbocycles. The normalized spacial score (nSPS) is 17.6. The summed E-state index contributed by atoms with van der Waals surface area (Å²) in [6, 6.07) is 19.8. The number of esters is 1. The van der Waals surface area contributed by atoms with Gasteiger partial charge < -0.3 is 44.4 Å². The fourth-order valence-electron chi connectivity index (χ4n) is 6.52. The van der Waals surface area contributed by atoms with Gasteiger partial charge in [-0.3, -0.25) is 9.69 Å². The summed E-state index contributed by atoms with van der Waals surface area (Å²) in [4.78, 5) is 60.2. The van der Waals surface area contributed by atoms with E-state index in [-0.39, 0.29) is 25.0 Å². The molecule has 3 fully saturated rings. The molecule has 16 nitrogen and oxygen atoms in total. The highest BCUT2D eigenvalue weighted by Crippen LogP contribution is 2.21. The molecular formula is C42H58N10O6. The third kappa shape index (κ3) is 14.4. The van der Waals surface area contributed by atoms with Crippen molar-refractivity contribution in [3.8, 4) is 0 Å². The van der Waals surface area contributed by atoms with Crippen molar-refractivity contribution in [3.05, 3.63) is 109 Å². The molecule has 3 N–H and O–H groups in total. The first kappa shape index (κ1) is 43.5. The third-order valence-corrected chi connectivity index (χ3v) is 9.50. The fraction of sp³-hybridized carbons (Fsp3) is 0.476. The number of amides is 3. The summed E-state index contributed by atoms with van der Waals surface area (Å²) < 4.78 is 13.9. The molecule has 0 radical (unpaired) electrons. The number of rotatable bonds is 13. The molecule has 3 aliphatic rings. The van der Waals surface area contributed by atoms with Gasteiger partial charge in [-0.25, -0.2) is 24.4 Å². The van der Waals surface area contributed by atoms with Gasteiger partial charge >= 0.3 is 18.2 Å². The number of carbonyl (C=O) groups excluding carboxylic acids is 4. The molecule has 3 amide bonds. The Kier molecular flexibility index (Phi) is 16.8. The molecule has 16 heteroatoms. The highest BCUT2D eigenvalue weighted by Gasteiger charge is 2.46. The number of aryl methyl sites for hydroxylation is 2. The average Bonchev–Trinajstić information content (AvgIpc) is 4.01. The van der Waals surface area contributed by atoms with Crippen LogP contribution in [-0.2, 0) is 45.2 Å². The molecule has 2 aromatic heterocycles. The van der Waals surface area contributed by atoms with Gasteiger partial charge in [0, 0.05) is 90.2 Å². The number of piperazine rings is 2. The molecular weight excluding hydrogens is 741 g/mol. The maximum atomic E-state index is 12.9. The van der Waals surface area contributed by atoms with Gasteiger partial charge in [-0.15, -0.1) is 0 Å². The molecule has 2 atom stereocenters. The number of aromatic nitrogens is 4. The Morgan fingerprint density at radius 1 is 0.897 bits per heavy atom. The predicted octanol–water partition coefficient (Wildman–Crippen LogP) is 3.51. The highest BCUT2D eigenvalue weighted by atomic mass is 16.6. The second-order valence-electron chi connectivity index (χ2n) is 15.2. The minimum Gasteiger partial charge on any atom is -0.444 e. The van der Waals surface area contributed by atoms with Gasteiger partial charge in [0.2, 0.25) is 5.91 Å². The van der Waals surface area contributed by atoms with Crippen LogP contribution in [0.25, 0.3) is 0 Å². The van der Waals surface area contributed by atoms with Gasteiger partial charge in [-0.05, 0) is 51.3 Å². The third-order valence-electron chi connectivity index (χ3n) is 9.50. The van der Waals surface area contributed by atoms with Crippen LogP contribution in [0, 0.1) is 0 Å². The van der Waals surface area contributed by atoms with Crippen LogP contribution in [0.3, 0.4) is 0 Å². The van der Waals surface area contributed by atoms with Crippen molar-refractivity contribution in [1.29, 1.82) is 0 Å². The molecule has 5 heterocycles. The molecule has 312 valence electrons. The van der Waals surface area contributed by atoms with Crippen LogP contribution in [0.4, 0.5) is 9.59 Å². The number of hydrogen-bond acceptors (Lipinski definition) is 11. The maximum Gasteiger partial charge on any atom is 0.418 e. The van der Waals surface area contributed by atoms with Crippen molar-refractivity contribution in [2.24, 2.45) is 0 Å². The topological polar surface area (TPSA) is 168 Å². The lowest BCUT2D eigenvalue weighted by Gasteiger charge is -2.35. The molecule has 58 heavy (non-hydrogen) atoms. The van der Waals surface area contributed by atoms with Crippen LogP contribution in [0.2, 0.25) is 0 Å². The van der Waals surface area contributed by atoms with Crippen molar-refractivity contribution in [2.75, 3.05) is 52.4 Å². The average molecular weight is 799 g/mol. The molecule has 0 bridgehead atoms. The number of nitrogens with zero attached hydrogens (tertiary/aromatic N) is 7. The van der Waals surface area contributed by atoms with Gasteiger partial charge in [-0.1, -0.05) is 60.7 Å². The van der Waals surface area contributed by atoms with E-state index in [1.54, 1.807) is 27.0 Å². The summed E-state index contributed by atoms with van der Waals surface area (Å²) in [5.74, 6) is -0.426. The summed E-state index contributed by atoms with van der Waals surface area (Å²) in [6.45, 7) is 13.8. The maximum absolute atomic E-state index is 12.9. The second-order valence-corrected chi connectivity index (χ2v) is 15.2. The zero-order chi connectivity index (χ0) is 41.2. The van der Waals surface area contributed by atoms with Gasteiger partial charge in [0.25, 0.3) is 0 Å². The van der Waals surface area contributed by atoms with Gasteiger partial charge in [0.15, 0.2) is 6.04 Å². The SMILES string of the molecule is CC(C)(C)OC(=O)N1CCN2C(=O)OC(=O)[C@H]2C1.O=C([C@H]1CNCCN1)N(CCCn1ccnc1)Cc1ccccc1.c1ccc(CNCCCn2ccnc2)cc1. The summed E-state index contributed by atoms with van der Waals surface area (Å²) in [7, 11) is 0. The van der Waals surface area contributed by atoms with Gasteiger partial charge in [0.1, 0.15) is 5.60 Å². The van der Waals surface area contributed by atoms with Crippen LogP contribution in [-0.4, -0.2) is 128 Å². The van der Waals surface area contributed by atoms with Crippen LogP contribution >= 0.6 is 0 Å². The summed E-state index contributed by atoms with van der Waals surface area (Å²) in [6.07, 6.45) is 12.2. The van der Waals surface area contributed by atoms with E-state index in [2.05, 4.69) is 71.6 Å². The minimum atomic E-state index is -0.696. The fourth-order valence-corrected chi connectivity index (χ4v) is 6.52. The molecule has 4 aromatic rings. The highest BCUT2D eigenvalue weighted by molar-refractivity contribution is 5.96. The van der Waals surface area contributed by atoms with Crippen molar-refractivity contribution < 1.29 is 28.7 Å². The molecule has 0 saturated carbocycles. The number of ether oxygens (including phenoxy) is 2. The van der Waals surface area contributed by atoms with Crippen molar-refractivity contribution in [3.63, 3.8) is 0 Å². The summed E-state index contributed by atoms with van der Waals surface area (Å²) in [5, 5.41) is 10.0. The molecule has 0 spiro atoms. The first-order chi connectivity index (χ1) is 28.1. The zero-order valence-electron chi connectivity index (χ0n) is 33.9. The predicted molar refractivity (Wildman–Crippen MR) is 218 cm³/mol. The first-order valence-corrected chi connectivity index (χ1v) is 20.0. The number of hydrogen-bond donors (Lipinski definition) is 3. The number of imidazole rings is 2. The van der Waals surface area contributed by atoms with Crippen molar-refractivity contribution in [2.45, 2.75) is 77.5 Å². The summed E-state index contributed by atoms with van der Waals surface area (Å²) in [5.41, 5.74) is 1.92. The standard InChI is InChI=1S/C18H25N5O.C13H17N3.C11H16N2O5/c24-18(17-13-19-7-8-21-17)23(14-16-5-2-1-3-6-16)11-4-10-22-12-9-20-15-22;1-2-5-13(6-3-1)11-14-7-4-9-16-10-8-15-12-16;1-11(2,3)18-9(15)12-4-5-13-7(6-12)8(14)17-10(13)16/h1-3,5-6,9,12,15,17,19,21H,4,7-8,10-11,13-14H2;1-3,5-6,8,10,12,14H,4,7,9,11H2;7H,4-6H2,1-3H3/t17-;;7-/m1.1/s1. The molecule has 7 rings (SSSR count). The van der Waals surface area contributed by atoms with Crippen LogP contribution in [0.15, 0.2) is 98.1 Å². The molecule has 3 saturated heterocycles. The van der Waals surface area contributed by atoms with E-state index in [1.165, 1.54) is 15.4 Å². The second kappa shape index (κ2) is 22.4. The van der Waals surface area contributed by atoms with Gasteiger partial charge in [0.05, 0.1) is 25.2 Å². The minimum absolute atomic E-state index is 0.124. The number of fused-ring (bicyclic) bond motifs is 1. The number of benzene rings is 2. The van der Waals surface area contributed by atoms with E-state index in [9.17, 15) is 19.2 Å². The molecule has 2 aromatic carbocycles. The monoisotopic (exact) mass is 798 g/mol. The van der Waals surface area contributed by atoms with E-state index in [1.807, 2.05) is 65.0 Å². The zero-order valence-corrected chi connectivity index (χ0v) is 33.9. The largest absolute Gasteiger partial charge is 0.444 e. The number of carbonyl (C=O) groups is 4. The Bertz CT molecular complexity index is 1810. The Hall–Kier alpha value is -5.58. The lowest BCUT2D eigenvalue weighted by atomic mass is 10.1. The first-order valence-electron chi connectivity index (χ1n) is 20.0.